The van der Waals surface area contributed by atoms with Crippen LogP contribution in [0.25, 0.3) is 0 Å². The minimum atomic E-state index is -3.72. The van der Waals surface area contributed by atoms with Crippen LogP contribution in [-0.2, 0) is 16.4 Å². The lowest BCUT2D eigenvalue weighted by Crippen LogP contribution is -2.33. The Morgan fingerprint density at radius 3 is 2.23 bits per heavy atom. The molecule has 0 saturated heterocycles. The molecule has 1 amide bonds. The van der Waals surface area contributed by atoms with Crippen LogP contribution in [0.3, 0.4) is 0 Å². The highest BCUT2D eigenvalue weighted by Gasteiger charge is 2.23. The molecule has 0 bridgehead atoms. The van der Waals surface area contributed by atoms with Gasteiger partial charge in [-0.3, -0.25) is 9.10 Å². The zero-order valence-electron chi connectivity index (χ0n) is 18.1. The molecule has 31 heavy (non-hydrogen) atoms. The maximum Gasteiger partial charge on any atom is 0.264 e. The van der Waals surface area contributed by atoms with Gasteiger partial charge in [-0.25, -0.2) is 8.42 Å². The van der Waals surface area contributed by atoms with Crippen LogP contribution in [-0.4, -0.2) is 27.4 Å². The Kier molecular flexibility index (Phi) is 7.13. The summed E-state index contributed by atoms with van der Waals surface area (Å²) in [6.07, 6.45) is 1.69. The Balaban J connectivity index is 1.73. The lowest BCUT2D eigenvalue weighted by atomic mass is 10.1. The van der Waals surface area contributed by atoms with Gasteiger partial charge < -0.3 is 5.32 Å². The molecule has 5 nitrogen and oxygen atoms in total. The van der Waals surface area contributed by atoms with E-state index in [-0.39, 0.29) is 16.8 Å². The zero-order chi connectivity index (χ0) is 22.4. The summed E-state index contributed by atoms with van der Waals surface area (Å²) in [4.78, 5) is 13.0. The Morgan fingerprint density at radius 2 is 1.58 bits per heavy atom. The summed E-state index contributed by atoms with van der Waals surface area (Å²) >= 11 is 0. The smallest absolute Gasteiger partial charge is 0.264 e. The van der Waals surface area contributed by atoms with Gasteiger partial charge in [-0.15, -0.1) is 0 Å². The van der Waals surface area contributed by atoms with Crippen LogP contribution in [0.5, 0.6) is 0 Å². The normalized spacial score (nSPS) is 12.2. The van der Waals surface area contributed by atoms with E-state index < -0.39 is 10.0 Å². The molecule has 3 aromatic rings. The molecule has 0 radical (unpaired) electrons. The number of carbonyl (C=O) groups excluding carboxylic acids is 1. The molecule has 0 fully saturated rings. The van der Waals surface area contributed by atoms with Crippen LogP contribution in [0.4, 0.5) is 5.69 Å². The van der Waals surface area contributed by atoms with Gasteiger partial charge in [0.25, 0.3) is 15.9 Å². The van der Waals surface area contributed by atoms with Gasteiger partial charge in [0, 0.05) is 18.7 Å². The Morgan fingerprint density at radius 1 is 0.968 bits per heavy atom. The summed E-state index contributed by atoms with van der Waals surface area (Å²) in [5.41, 5.74) is 2.92. The first kappa shape index (κ1) is 22.6. The molecular weight excluding hydrogens is 408 g/mol. The van der Waals surface area contributed by atoms with Gasteiger partial charge in [0.05, 0.1) is 10.6 Å². The molecule has 1 unspecified atom stereocenters. The quantitative estimate of drug-likeness (QED) is 0.562. The van der Waals surface area contributed by atoms with Crippen molar-refractivity contribution in [2.45, 2.75) is 37.6 Å². The summed E-state index contributed by atoms with van der Waals surface area (Å²) in [5.74, 6) is -0.215. The average molecular weight is 437 g/mol. The highest BCUT2D eigenvalue weighted by molar-refractivity contribution is 7.92. The van der Waals surface area contributed by atoms with Gasteiger partial charge in [0.15, 0.2) is 0 Å². The second kappa shape index (κ2) is 9.79. The number of hydrogen-bond acceptors (Lipinski definition) is 3. The van der Waals surface area contributed by atoms with Crippen molar-refractivity contribution in [3.8, 4) is 0 Å². The third-order valence-electron chi connectivity index (χ3n) is 5.30. The SMILES string of the molecule is Cc1ccc(C(=O)NC(C)CCc2ccccc2)cc1N(C)S(=O)(=O)c1ccccc1. The van der Waals surface area contributed by atoms with Crippen molar-refractivity contribution in [3.05, 3.63) is 95.6 Å². The predicted octanol–water partition coefficient (Wildman–Crippen LogP) is 4.57. The van der Waals surface area contributed by atoms with E-state index in [1.807, 2.05) is 32.0 Å². The fourth-order valence-corrected chi connectivity index (χ4v) is 4.65. The highest BCUT2D eigenvalue weighted by atomic mass is 32.2. The Labute approximate surface area is 184 Å². The molecule has 6 heteroatoms. The molecule has 1 N–H and O–H groups in total. The summed E-state index contributed by atoms with van der Waals surface area (Å²) in [6.45, 7) is 3.80. The fraction of sp³-hybridized carbons (Fsp3) is 0.240. The molecule has 0 aliphatic heterocycles. The van der Waals surface area contributed by atoms with Crippen LogP contribution in [0.15, 0.2) is 83.8 Å². The summed E-state index contributed by atoms with van der Waals surface area (Å²) < 4.78 is 27.2. The number of nitrogens with zero attached hydrogens (tertiary/aromatic N) is 1. The first-order chi connectivity index (χ1) is 14.8. The summed E-state index contributed by atoms with van der Waals surface area (Å²) in [6, 6.07) is 23.5. The molecule has 3 aromatic carbocycles. The van der Waals surface area contributed by atoms with Crippen molar-refractivity contribution in [2.24, 2.45) is 0 Å². The van der Waals surface area contributed by atoms with Crippen LogP contribution in [0, 0.1) is 6.92 Å². The van der Waals surface area contributed by atoms with E-state index in [2.05, 4.69) is 17.4 Å². The largest absolute Gasteiger partial charge is 0.350 e. The maximum atomic E-state index is 13.0. The molecule has 3 rings (SSSR count). The number of benzene rings is 3. The molecule has 0 aliphatic rings. The topological polar surface area (TPSA) is 66.5 Å². The number of nitrogens with one attached hydrogen (secondary N) is 1. The second-order valence-corrected chi connectivity index (χ2v) is 9.65. The number of hydrogen-bond donors (Lipinski definition) is 1. The van der Waals surface area contributed by atoms with Crippen molar-refractivity contribution in [2.75, 3.05) is 11.4 Å². The molecule has 0 aliphatic carbocycles. The van der Waals surface area contributed by atoms with E-state index in [1.165, 1.54) is 16.9 Å². The molecule has 0 heterocycles. The standard InChI is InChI=1S/C25H28N2O3S/c1-19-14-17-22(25(28)26-20(2)15-16-21-10-6-4-7-11-21)18-24(19)27(3)31(29,30)23-12-8-5-9-13-23/h4-14,17-18,20H,15-16H2,1-3H3,(H,26,28). The van der Waals surface area contributed by atoms with Crippen LogP contribution in [0.2, 0.25) is 0 Å². The van der Waals surface area contributed by atoms with Crippen molar-refractivity contribution in [1.29, 1.82) is 0 Å². The number of rotatable bonds is 8. The monoisotopic (exact) mass is 436 g/mol. The van der Waals surface area contributed by atoms with Crippen LogP contribution >= 0.6 is 0 Å². The minimum Gasteiger partial charge on any atom is -0.350 e. The molecule has 0 aromatic heterocycles. The summed E-state index contributed by atoms with van der Waals surface area (Å²) in [7, 11) is -2.21. The first-order valence-corrected chi connectivity index (χ1v) is 11.7. The van der Waals surface area contributed by atoms with E-state index in [0.717, 1.165) is 18.4 Å². The fourth-order valence-electron chi connectivity index (χ4n) is 3.38. The minimum absolute atomic E-state index is 0.0109. The molecule has 1 atom stereocenters. The van der Waals surface area contributed by atoms with E-state index in [4.69, 9.17) is 0 Å². The molecule has 0 saturated carbocycles. The van der Waals surface area contributed by atoms with Crippen molar-refractivity contribution in [1.82, 2.24) is 5.32 Å². The third kappa shape index (κ3) is 5.52. The number of sulfonamides is 1. The van der Waals surface area contributed by atoms with E-state index in [9.17, 15) is 13.2 Å². The van der Waals surface area contributed by atoms with Crippen LogP contribution in [0.1, 0.15) is 34.8 Å². The van der Waals surface area contributed by atoms with E-state index >= 15 is 0 Å². The third-order valence-corrected chi connectivity index (χ3v) is 7.08. The Hall–Kier alpha value is -3.12. The second-order valence-electron chi connectivity index (χ2n) is 7.69. The first-order valence-electron chi connectivity index (χ1n) is 10.3. The number of aryl methyl sites for hydroxylation is 2. The van der Waals surface area contributed by atoms with E-state index in [0.29, 0.717) is 11.3 Å². The van der Waals surface area contributed by atoms with Gasteiger partial charge in [-0.1, -0.05) is 54.6 Å². The van der Waals surface area contributed by atoms with Gasteiger partial charge in [0.1, 0.15) is 0 Å². The Bertz CT molecular complexity index is 1130. The molecule has 0 spiro atoms. The summed E-state index contributed by atoms with van der Waals surface area (Å²) in [5, 5.41) is 3.02. The number of amides is 1. The average Bonchev–Trinajstić information content (AvgIpc) is 2.78. The lowest BCUT2D eigenvalue weighted by Gasteiger charge is -2.22. The molecule has 162 valence electrons. The number of anilines is 1. The lowest BCUT2D eigenvalue weighted by molar-refractivity contribution is 0.0938. The van der Waals surface area contributed by atoms with Gasteiger partial charge in [-0.05, 0) is 62.1 Å². The van der Waals surface area contributed by atoms with Gasteiger partial charge in [-0.2, -0.15) is 0 Å². The highest BCUT2D eigenvalue weighted by Crippen LogP contribution is 2.26. The van der Waals surface area contributed by atoms with Crippen molar-refractivity contribution < 1.29 is 13.2 Å². The van der Waals surface area contributed by atoms with Crippen LogP contribution < -0.4 is 9.62 Å². The predicted molar refractivity (Wildman–Crippen MR) is 125 cm³/mol. The van der Waals surface area contributed by atoms with Gasteiger partial charge in [0.2, 0.25) is 0 Å². The zero-order valence-corrected chi connectivity index (χ0v) is 18.9. The van der Waals surface area contributed by atoms with Gasteiger partial charge >= 0.3 is 0 Å². The maximum absolute atomic E-state index is 13.0. The van der Waals surface area contributed by atoms with Crippen molar-refractivity contribution >= 4 is 21.6 Å². The molecular formula is C25H28N2O3S. The number of carbonyl (C=O) groups is 1. The van der Waals surface area contributed by atoms with E-state index in [1.54, 1.807) is 48.5 Å². The van der Waals surface area contributed by atoms with Crippen molar-refractivity contribution in [3.63, 3.8) is 0 Å².